The third-order valence-electron chi connectivity index (χ3n) is 4.13. The van der Waals surface area contributed by atoms with Crippen LogP contribution in [0.4, 0.5) is 0 Å². The van der Waals surface area contributed by atoms with E-state index in [2.05, 4.69) is 38.0 Å². The molecule has 0 aromatic rings. The average Bonchev–Trinajstić information content (AvgIpc) is 2.29. The first-order chi connectivity index (χ1) is 7.80. The average molecular weight is 242 g/mol. The van der Waals surface area contributed by atoms with Gasteiger partial charge >= 0.3 is 11.8 Å². The summed E-state index contributed by atoms with van der Waals surface area (Å²) in [5.74, 6) is 3.72. The van der Waals surface area contributed by atoms with Crippen LogP contribution in [-0.4, -0.2) is 41.9 Å². The number of hydrogen-bond donors (Lipinski definition) is 3. The van der Waals surface area contributed by atoms with E-state index >= 15 is 0 Å². The Morgan fingerprint density at radius 2 is 1.94 bits per heavy atom. The van der Waals surface area contributed by atoms with Crippen molar-refractivity contribution >= 4 is 11.8 Å². The summed E-state index contributed by atoms with van der Waals surface area (Å²) in [5.41, 5.74) is 1.83. The molecular weight excluding hydrogens is 220 g/mol. The van der Waals surface area contributed by atoms with Crippen molar-refractivity contribution in [3.8, 4) is 0 Å². The molecule has 6 heteroatoms. The molecule has 1 aliphatic rings. The molecule has 2 amide bonds. The Bertz CT molecular complexity index is 317. The molecule has 0 aromatic heterocycles. The van der Waals surface area contributed by atoms with Gasteiger partial charge in [0.1, 0.15) is 0 Å². The van der Waals surface area contributed by atoms with Crippen LogP contribution in [0, 0.1) is 5.92 Å². The zero-order chi connectivity index (χ0) is 13.2. The second-order valence-electron chi connectivity index (χ2n) is 5.21. The highest BCUT2D eigenvalue weighted by Crippen LogP contribution is 2.31. The molecule has 0 aliphatic carbocycles. The van der Waals surface area contributed by atoms with Crippen molar-refractivity contribution in [2.24, 2.45) is 11.8 Å². The highest BCUT2D eigenvalue weighted by atomic mass is 16.2. The van der Waals surface area contributed by atoms with Gasteiger partial charge in [0, 0.05) is 18.1 Å². The van der Waals surface area contributed by atoms with E-state index in [9.17, 15) is 9.59 Å². The third kappa shape index (κ3) is 2.76. The molecule has 2 atom stereocenters. The Morgan fingerprint density at radius 1 is 1.35 bits per heavy atom. The number of likely N-dealkylation sites (tertiary alicyclic amines) is 1. The third-order valence-corrected chi connectivity index (χ3v) is 4.13. The number of rotatable bonds is 1. The van der Waals surface area contributed by atoms with E-state index in [1.54, 1.807) is 0 Å². The summed E-state index contributed by atoms with van der Waals surface area (Å²) in [6, 6.07) is 0.00556. The lowest BCUT2D eigenvalue weighted by Crippen LogP contribution is -2.61. The predicted octanol–water partition coefficient (Wildman–Crippen LogP) is -0.789. The van der Waals surface area contributed by atoms with Gasteiger partial charge in [-0.3, -0.25) is 15.0 Å². The van der Waals surface area contributed by atoms with Crippen molar-refractivity contribution in [1.82, 2.24) is 15.6 Å². The van der Waals surface area contributed by atoms with Crippen LogP contribution in [0.2, 0.25) is 0 Å². The summed E-state index contributed by atoms with van der Waals surface area (Å²) >= 11 is 0. The maximum absolute atomic E-state index is 11.5. The van der Waals surface area contributed by atoms with Gasteiger partial charge in [0.2, 0.25) is 0 Å². The fourth-order valence-electron chi connectivity index (χ4n) is 2.21. The smallest absolute Gasteiger partial charge is 0.323 e. The van der Waals surface area contributed by atoms with Gasteiger partial charge in [0.05, 0.1) is 0 Å². The molecule has 0 radical (unpaired) electrons. The van der Waals surface area contributed by atoms with Crippen molar-refractivity contribution < 1.29 is 9.59 Å². The van der Waals surface area contributed by atoms with Crippen LogP contribution in [-0.2, 0) is 9.59 Å². The topological polar surface area (TPSA) is 87.5 Å². The minimum absolute atomic E-state index is 0.00458. The van der Waals surface area contributed by atoms with Gasteiger partial charge in [-0.05, 0) is 33.2 Å². The number of nitrogens with one attached hydrogen (secondary N) is 2. The summed E-state index contributed by atoms with van der Waals surface area (Å²) in [5, 5.41) is 2.74. The number of carbonyl (C=O) groups excluding carboxylic acids is 2. The van der Waals surface area contributed by atoms with Crippen LogP contribution in [0.15, 0.2) is 0 Å². The first-order valence-corrected chi connectivity index (χ1v) is 5.83. The normalized spacial score (nSPS) is 28.5. The Hall–Kier alpha value is -1.14. The van der Waals surface area contributed by atoms with E-state index in [0.717, 1.165) is 13.0 Å². The SMILES string of the molecule is CC1C(NC(=O)C(=O)NN)CCN(C)C1(C)C. The van der Waals surface area contributed by atoms with Crippen molar-refractivity contribution in [1.29, 1.82) is 0 Å². The molecular formula is C11H22N4O2. The molecule has 4 N–H and O–H groups in total. The number of hydrogen-bond acceptors (Lipinski definition) is 4. The summed E-state index contributed by atoms with van der Waals surface area (Å²) < 4.78 is 0. The summed E-state index contributed by atoms with van der Waals surface area (Å²) in [4.78, 5) is 24.8. The van der Waals surface area contributed by atoms with Gasteiger partial charge in [-0.2, -0.15) is 0 Å². The highest BCUT2D eigenvalue weighted by molar-refractivity contribution is 6.34. The molecule has 17 heavy (non-hydrogen) atoms. The molecule has 1 fully saturated rings. The van der Waals surface area contributed by atoms with E-state index in [0.29, 0.717) is 0 Å². The lowest BCUT2D eigenvalue weighted by atomic mass is 9.77. The number of nitrogens with zero attached hydrogens (tertiary/aromatic N) is 1. The second kappa shape index (κ2) is 5.01. The lowest BCUT2D eigenvalue weighted by Gasteiger charge is -2.49. The second-order valence-corrected chi connectivity index (χ2v) is 5.21. The van der Waals surface area contributed by atoms with Crippen LogP contribution < -0.4 is 16.6 Å². The van der Waals surface area contributed by atoms with E-state index in [4.69, 9.17) is 5.84 Å². The first-order valence-electron chi connectivity index (χ1n) is 5.83. The maximum Gasteiger partial charge on any atom is 0.323 e. The predicted molar refractivity (Wildman–Crippen MR) is 64.8 cm³/mol. The quantitative estimate of drug-likeness (QED) is 0.243. The Labute approximate surface area is 102 Å². The van der Waals surface area contributed by atoms with Crippen LogP contribution in [0.3, 0.4) is 0 Å². The van der Waals surface area contributed by atoms with Crippen molar-refractivity contribution in [3.05, 3.63) is 0 Å². The van der Waals surface area contributed by atoms with Crippen molar-refractivity contribution in [2.75, 3.05) is 13.6 Å². The standard InChI is InChI=1S/C11H22N4O2/c1-7-8(13-9(16)10(17)14-12)5-6-15(4)11(7,2)3/h7-8H,5-6,12H2,1-4H3,(H,13,16)(H,14,17). The first kappa shape index (κ1) is 13.9. The molecule has 1 aliphatic heterocycles. The molecule has 0 bridgehead atoms. The van der Waals surface area contributed by atoms with Crippen LogP contribution in [0.1, 0.15) is 27.2 Å². The van der Waals surface area contributed by atoms with E-state index < -0.39 is 11.8 Å². The molecule has 1 saturated heterocycles. The lowest BCUT2D eigenvalue weighted by molar-refractivity contribution is -0.140. The zero-order valence-electron chi connectivity index (χ0n) is 10.9. The molecule has 2 unspecified atom stereocenters. The summed E-state index contributed by atoms with van der Waals surface area (Å²) in [6.07, 6.45) is 0.838. The number of carbonyl (C=O) groups is 2. The van der Waals surface area contributed by atoms with Crippen LogP contribution in [0.25, 0.3) is 0 Å². The number of hydrazine groups is 1. The maximum atomic E-state index is 11.5. The van der Waals surface area contributed by atoms with E-state index in [1.165, 1.54) is 0 Å². The Balaban J connectivity index is 2.68. The van der Waals surface area contributed by atoms with Gasteiger partial charge in [-0.15, -0.1) is 0 Å². The molecule has 98 valence electrons. The monoisotopic (exact) mass is 242 g/mol. The van der Waals surface area contributed by atoms with Gasteiger partial charge in [-0.1, -0.05) is 6.92 Å². The van der Waals surface area contributed by atoms with Gasteiger partial charge in [0.15, 0.2) is 0 Å². The molecule has 0 saturated carbocycles. The number of nitrogens with two attached hydrogens (primary N) is 1. The highest BCUT2D eigenvalue weighted by Gasteiger charge is 2.40. The van der Waals surface area contributed by atoms with E-state index in [1.807, 2.05) is 5.43 Å². The molecule has 0 spiro atoms. The number of amides is 2. The fourth-order valence-corrected chi connectivity index (χ4v) is 2.21. The van der Waals surface area contributed by atoms with Gasteiger partial charge in [0.25, 0.3) is 0 Å². The van der Waals surface area contributed by atoms with E-state index in [-0.39, 0.29) is 17.5 Å². The Kier molecular flexibility index (Phi) is 4.11. The molecule has 1 heterocycles. The minimum atomic E-state index is -0.797. The van der Waals surface area contributed by atoms with Crippen LogP contribution >= 0.6 is 0 Å². The largest absolute Gasteiger partial charge is 0.345 e. The summed E-state index contributed by atoms with van der Waals surface area (Å²) in [7, 11) is 2.07. The van der Waals surface area contributed by atoms with Crippen molar-refractivity contribution in [3.63, 3.8) is 0 Å². The fraction of sp³-hybridized carbons (Fsp3) is 0.818. The van der Waals surface area contributed by atoms with Gasteiger partial charge < -0.3 is 10.2 Å². The van der Waals surface area contributed by atoms with Crippen molar-refractivity contribution in [2.45, 2.75) is 38.8 Å². The minimum Gasteiger partial charge on any atom is -0.345 e. The molecule has 0 aromatic carbocycles. The Morgan fingerprint density at radius 3 is 2.47 bits per heavy atom. The molecule has 1 rings (SSSR count). The summed E-state index contributed by atoms with van der Waals surface area (Å²) in [6.45, 7) is 7.26. The van der Waals surface area contributed by atoms with Crippen LogP contribution in [0.5, 0.6) is 0 Å². The molecule has 6 nitrogen and oxygen atoms in total. The number of piperidine rings is 1. The zero-order valence-corrected chi connectivity index (χ0v) is 10.9. The van der Waals surface area contributed by atoms with Gasteiger partial charge in [-0.25, -0.2) is 5.84 Å².